The molecule has 27 heavy (non-hydrogen) atoms. The van der Waals surface area contributed by atoms with Gasteiger partial charge in [0.2, 0.25) is 5.91 Å². The van der Waals surface area contributed by atoms with Gasteiger partial charge in [-0.2, -0.15) is 30.6 Å². The maximum absolute atomic E-state index is 13.1. The number of para-hydroxylation sites is 1. The Hall–Kier alpha value is -1.95. The molecule has 1 saturated heterocycles. The van der Waals surface area contributed by atoms with E-state index in [9.17, 15) is 26.4 Å². The van der Waals surface area contributed by atoms with Crippen molar-refractivity contribution in [2.45, 2.75) is 24.7 Å². The Kier molecular flexibility index (Phi) is 5.30. The van der Waals surface area contributed by atoms with Crippen molar-refractivity contribution in [3.63, 3.8) is 0 Å². The van der Waals surface area contributed by atoms with Gasteiger partial charge in [0, 0.05) is 11.9 Å². The first-order chi connectivity index (χ1) is 12.6. The first-order valence-corrected chi connectivity index (χ1v) is 10.2. The second-order valence-electron chi connectivity index (χ2n) is 5.99. The molecule has 0 aliphatic carbocycles. The van der Waals surface area contributed by atoms with E-state index in [0.717, 1.165) is 21.3 Å². The Morgan fingerprint density at radius 3 is 2.59 bits per heavy atom. The standard InChI is InChI=1S/C16H16F3N3O3S2/c1-22-13(9-12(21-27(22,24)25)14-7-4-8-26-14)15(23)20-11-6-3-2-5-10(11)16(17,18)19/h2-8,12-13,21H,9H2,1H3,(H,20,23)/t12-,13+/m1/s1. The third-order valence-corrected chi connectivity index (χ3v) is 6.83. The maximum Gasteiger partial charge on any atom is 0.418 e. The highest BCUT2D eigenvalue weighted by Crippen LogP contribution is 2.35. The highest BCUT2D eigenvalue weighted by Gasteiger charge is 2.41. The van der Waals surface area contributed by atoms with Crippen molar-refractivity contribution in [3.8, 4) is 0 Å². The van der Waals surface area contributed by atoms with Crippen molar-refractivity contribution < 1.29 is 26.4 Å². The van der Waals surface area contributed by atoms with E-state index >= 15 is 0 Å². The fraction of sp³-hybridized carbons (Fsp3) is 0.312. The van der Waals surface area contributed by atoms with E-state index in [1.807, 2.05) is 0 Å². The van der Waals surface area contributed by atoms with Crippen LogP contribution in [-0.2, 0) is 21.2 Å². The molecular formula is C16H16F3N3O3S2. The number of carbonyl (C=O) groups is 1. The fourth-order valence-corrected chi connectivity index (χ4v) is 4.97. The zero-order chi connectivity index (χ0) is 19.8. The van der Waals surface area contributed by atoms with Gasteiger partial charge < -0.3 is 5.32 Å². The smallest absolute Gasteiger partial charge is 0.324 e. The van der Waals surface area contributed by atoms with Crippen LogP contribution in [-0.4, -0.2) is 31.7 Å². The molecule has 0 spiro atoms. The number of likely N-dealkylation sites (N-methyl/N-ethyl adjacent to an activating group) is 1. The second kappa shape index (κ2) is 7.23. The minimum Gasteiger partial charge on any atom is -0.324 e. The molecule has 2 N–H and O–H groups in total. The van der Waals surface area contributed by atoms with Gasteiger partial charge in [0.05, 0.1) is 17.3 Å². The topological polar surface area (TPSA) is 78.5 Å². The van der Waals surface area contributed by atoms with Gasteiger partial charge in [-0.1, -0.05) is 18.2 Å². The predicted molar refractivity (Wildman–Crippen MR) is 95.4 cm³/mol. The fourth-order valence-electron chi connectivity index (χ4n) is 2.84. The summed E-state index contributed by atoms with van der Waals surface area (Å²) in [5.41, 5.74) is -1.40. The Morgan fingerprint density at radius 1 is 1.26 bits per heavy atom. The van der Waals surface area contributed by atoms with E-state index in [1.165, 1.54) is 30.5 Å². The zero-order valence-corrected chi connectivity index (χ0v) is 15.7. The van der Waals surface area contributed by atoms with Crippen LogP contribution < -0.4 is 10.0 Å². The highest BCUT2D eigenvalue weighted by atomic mass is 32.2. The molecule has 2 aromatic rings. The van der Waals surface area contributed by atoms with Gasteiger partial charge in [-0.05, 0) is 30.0 Å². The summed E-state index contributed by atoms with van der Waals surface area (Å²) < 4.78 is 67.4. The van der Waals surface area contributed by atoms with E-state index < -0.39 is 45.6 Å². The van der Waals surface area contributed by atoms with Gasteiger partial charge in [0.15, 0.2) is 0 Å². The minimum absolute atomic E-state index is 0.0935. The molecule has 1 aliphatic heterocycles. The number of hydrogen-bond donors (Lipinski definition) is 2. The van der Waals surface area contributed by atoms with Crippen molar-refractivity contribution in [1.82, 2.24) is 9.03 Å². The zero-order valence-electron chi connectivity index (χ0n) is 14.0. The van der Waals surface area contributed by atoms with E-state index in [-0.39, 0.29) is 6.42 Å². The Balaban J connectivity index is 1.87. The third-order valence-electron chi connectivity index (χ3n) is 4.25. The predicted octanol–water partition coefficient (Wildman–Crippen LogP) is 2.99. The molecule has 3 rings (SSSR count). The highest BCUT2D eigenvalue weighted by molar-refractivity contribution is 7.87. The molecule has 2 atom stereocenters. The average Bonchev–Trinajstić information content (AvgIpc) is 3.11. The quantitative estimate of drug-likeness (QED) is 0.803. The summed E-state index contributed by atoms with van der Waals surface area (Å²) in [5.74, 6) is -0.819. The lowest BCUT2D eigenvalue weighted by atomic mass is 10.0. The summed E-state index contributed by atoms with van der Waals surface area (Å²) in [6, 6.07) is 6.27. The number of alkyl halides is 3. The molecule has 2 heterocycles. The van der Waals surface area contributed by atoms with Gasteiger partial charge in [0.25, 0.3) is 10.2 Å². The summed E-state index contributed by atoms with van der Waals surface area (Å²) in [4.78, 5) is 13.4. The lowest BCUT2D eigenvalue weighted by Gasteiger charge is -2.35. The largest absolute Gasteiger partial charge is 0.418 e. The number of nitrogens with one attached hydrogen (secondary N) is 2. The van der Waals surface area contributed by atoms with Crippen LogP contribution in [0, 0.1) is 0 Å². The molecule has 1 amide bonds. The number of rotatable bonds is 3. The van der Waals surface area contributed by atoms with Crippen molar-refractivity contribution in [1.29, 1.82) is 0 Å². The van der Waals surface area contributed by atoms with Crippen molar-refractivity contribution >= 4 is 33.1 Å². The van der Waals surface area contributed by atoms with Crippen LogP contribution in [0.15, 0.2) is 41.8 Å². The normalized spacial score (nSPS) is 23.1. The van der Waals surface area contributed by atoms with Crippen molar-refractivity contribution in [2.24, 2.45) is 0 Å². The van der Waals surface area contributed by atoms with Gasteiger partial charge in [-0.25, -0.2) is 0 Å². The summed E-state index contributed by atoms with van der Waals surface area (Å²) in [5, 5.41) is 4.01. The van der Waals surface area contributed by atoms with Gasteiger partial charge in [-0.3, -0.25) is 4.79 Å². The molecule has 0 unspecified atom stereocenters. The third kappa shape index (κ3) is 4.15. The molecule has 0 radical (unpaired) electrons. The number of anilines is 1. The first kappa shape index (κ1) is 19.8. The number of benzene rings is 1. The molecule has 1 aromatic heterocycles. The molecule has 146 valence electrons. The average molecular weight is 419 g/mol. The van der Waals surface area contributed by atoms with Crippen LogP contribution >= 0.6 is 11.3 Å². The number of amides is 1. The Morgan fingerprint density at radius 2 is 1.96 bits per heavy atom. The maximum atomic E-state index is 13.1. The first-order valence-electron chi connectivity index (χ1n) is 7.85. The lowest BCUT2D eigenvalue weighted by molar-refractivity contribution is -0.137. The summed E-state index contributed by atoms with van der Waals surface area (Å²) in [6.45, 7) is 0. The minimum atomic E-state index is -4.64. The molecule has 6 nitrogen and oxygen atoms in total. The SMILES string of the molecule is CN1[C@H](C(=O)Nc2ccccc2C(F)(F)F)C[C@H](c2cccs2)NS1(=O)=O. The number of thiophene rings is 1. The molecule has 11 heteroatoms. The van der Waals surface area contributed by atoms with Crippen LogP contribution in [0.3, 0.4) is 0 Å². The number of hydrogen-bond acceptors (Lipinski definition) is 4. The van der Waals surface area contributed by atoms with E-state index in [2.05, 4.69) is 10.0 Å². The molecule has 0 bridgehead atoms. The molecular weight excluding hydrogens is 403 g/mol. The Bertz CT molecular complexity index is 930. The molecule has 1 aliphatic rings. The van der Waals surface area contributed by atoms with Crippen molar-refractivity contribution in [3.05, 3.63) is 52.2 Å². The molecule has 0 saturated carbocycles. The summed E-state index contributed by atoms with van der Waals surface area (Å²) >= 11 is 1.33. The van der Waals surface area contributed by atoms with Crippen LogP contribution in [0.5, 0.6) is 0 Å². The van der Waals surface area contributed by atoms with E-state index in [0.29, 0.717) is 0 Å². The van der Waals surface area contributed by atoms with Crippen LogP contribution in [0.1, 0.15) is 22.9 Å². The van der Waals surface area contributed by atoms with E-state index in [4.69, 9.17) is 0 Å². The van der Waals surface area contributed by atoms with Crippen LogP contribution in [0.4, 0.5) is 18.9 Å². The van der Waals surface area contributed by atoms with Crippen molar-refractivity contribution in [2.75, 3.05) is 12.4 Å². The second-order valence-corrected chi connectivity index (χ2v) is 8.73. The van der Waals surface area contributed by atoms with Gasteiger partial charge in [-0.15, -0.1) is 11.3 Å². The monoisotopic (exact) mass is 419 g/mol. The van der Waals surface area contributed by atoms with E-state index in [1.54, 1.807) is 17.5 Å². The molecule has 1 aromatic carbocycles. The lowest BCUT2D eigenvalue weighted by Crippen LogP contribution is -2.55. The number of nitrogens with zero attached hydrogens (tertiary/aromatic N) is 1. The molecule has 1 fully saturated rings. The summed E-state index contributed by atoms with van der Waals surface area (Å²) in [7, 11) is -2.74. The van der Waals surface area contributed by atoms with Crippen LogP contribution in [0.25, 0.3) is 0 Å². The number of halogens is 3. The van der Waals surface area contributed by atoms with Crippen LogP contribution in [0.2, 0.25) is 0 Å². The summed E-state index contributed by atoms with van der Waals surface area (Å²) in [6.07, 6.45) is -4.55. The Labute approximate surface area is 158 Å². The van der Waals surface area contributed by atoms with Gasteiger partial charge in [0.1, 0.15) is 6.04 Å². The number of carbonyl (C=O) groups excluding carboxylic acids is 1. The van der Waals surface area contributed by atoms with Gasteiger partial charge >= 0.3 is 6.18 Å².